The second kappa shape index (κ2) is 9.30. The van der Waals surface area contributed by atoms with Crippen LogP contribution in [0.25, 0.3) is 0 Å². The Morgan fingerprint density at radius 3 is 2.58 bits per heavy atom. The van der Waals surface area contributed by atoms with Crippen molar-refractivity contribution in [3.8, 4) is 0 Å². The number of thioether (sulfide) groups is 1. The van der Waals surface area contributed by atoms with Crippen molar-refractivity contribution in [2.75, 3.05) is 23.7 Å². The van der Waals surface area contributed by atoms with Crippen LogP contribution in [0.3, 0.4) is 0 Å². The Morgan fingerprint density at radius 1 is 1.13 bits per heavy atom. The second-order valence-electron chi connectivity index (χ2n) is 7.54. The standard InChI is InChI=1S/C22H23N5O3S/c1-14-8-9-23-18(12-14)25-20(29)15-4-6-16(7-5-15)24-19(28)13-17-21(30)26-22(31-17)27-10-2-3-11-27/h4-9,12,17H,2-3,10-11,13H2,1H3,(H,24,28)(H,23,25,29)/t17-/m1/s1. The van der Waals surface area contributed by atoms with Crippen molar-refractivity contribution in [3.05, 3.63) is 53.7 Å². The molecule has 8 nitrogen and oxygen atoms in total. The zero-order valence-corrected chi connectivity index (χ0v) is 17.9. The zero-order valence-electron chi connectivity index (χ0n) is 17.1. The van der Waals surface area contributed by atoms with Gasteiger partial charge >= 0.3 is 0 Å². The molecule has 0 aliphatic carbocycles. The van der Waals surface area contributed by atoms with Gasteiger partial charge in [-0.15, -0.1) is 0 Å². The molecule has 160 valence electrons. The van der Waals surface area contributed by atoms with Crippen molar-refractivity contribution >= 4 is 46.2 Å². The van der Waals surface area contributed by atoms with E-state index in [9.17, 15) is 14.4 Å². The van der Waals surface area contributed by atoms with Crippen LogP contribution >= 0.6 is 11.8 Å². The van der Waals surface area contributed by atoms with E-state index in [1.54, 1.807) is 36.5 Å². The number of aliphatic imine (C=N–C) groups is 1. The molecule has 0 bridgehead atoms. The molecule has 2 N–H and O–H groups in total. The highest BCUT2D eigenvalue weighted by molar-refractivity contribution is 8.15. The molecule has 1 saturated heterocycles. The average Bonchev–Trinajstić information content (AvgIpc) is 3.39. The molecule has 2 aliphatic heterocycles. The van der Waals surface area contributed by atoms with Gasteiger partial charge in [0.2, 0.25) is 5.91 Å². The number of nitrogens with one attached hydrogen (secondary N) is 2. The number of amides is 3. The fraction of sp³-hybridized carbons (Fsp3) is 0.318. The molecule has 3 amide bonds. The van der Waals surface area contributed by atoms with Gasteiger partial charge in [0.15, 0.2) is 5.17 Å². The summed E-state index contributed by atoms with van der Waals surface area (Å²) in [5.41, 5.74) is 2.01. The summed E-state index contributed by atoms with van der Waals surface area (Å²) in [4.78, 5) is 47.3. The Morgan fingerprint density at radius 2 is 1.87 bits per heavy atom. The molecule has 2 aromatic rings. The highest BCUT2D eigenvalue weighted by Gasteiger charge is 2.33. The van der Waals surface area contributed by atoms with Gasteiger partial charge in [0.1, 0.15) is 11.1 Å². The van der Waals surface area contributed by atoms with Gasteiger partial charge in [-0.2, -0.15) is 4.99 Å². The lowest BCUT2D eigenvalue weighted by Gasteiger charge is -2.16. The highest BCUT2D eigenvalue weighted by atomic mass is 32.2. The SMILES string of the molecule is Cc1ccnc(NC(=O)c2ccc(NC(=O)C[C@H]3SC(N4CCCC4)=NC3=O)cc2)c1. The maximum absolute atomic E-state index is 12.4. The number of nitrogens with zero attached hydrogens (tertiary/aromatic N) is 3. The van der Waals surface area contributed by atoms with E-state index in [4.69, 9.17) is 0 Å². The van der Waals surface area contributed by atoms with Gasteiger partial charge in [-0.1, -0.05) is 11.8 Å². The highest BCUT2D eigenvalue weighted by Crippen LogP contribution is 2.29. The first-order valence-corrected chi connectivity index (χ1v) is 11.0. The molecule has 1 aromatic carbocycles. The fourth-order valence-corrected chi connectivity index (χ4v) is 4.55. The number of benzene rings is 1. The van der Waals surface area contributed by atoms with E-state index in [0.717, 1.165) is 36.7 Å². The number of aromatic nitrogens is 1. The topological polar surface area (TPSA) is 104 Å². The van der Waals surface area contributed by atoms with Crippen molar-refractivity contribution in [3.63, 3.8) is 0 Å². The molecule has 0 unspecified atom stereocenters. The normalized spacial score (nSPS) is 18.1. The summed E-state index contributed by atoms with van der Waals surface area (Å²) in [6.45, 7) is 3.75. The van der Waals surface area contributed by atoms with Gasteiger partial charge in [0.05, 0.1) is 0 Å². The summed E-state index contributed by atoms with van der Waals surface area (Å²) >= 11 is 1.37. The van der Waals surface area contributed by atoms with Gasteiger partial charge in [-0.25, -0.2) is 4.98 Å². The van der Waals surface area contributed by atoms with Gasteiger partial charge in [-0.3, -0.25) is 14.4 Å². The van der Waals surface area contributed by atoms with E-state index < -0.39 is 5.25 Å². The largest absolute Gasteiger partial charge is 0.351 e. The number of amidine groups is 1. The number of aryl methyl sites for hydroxylation is 1. The number of carbonyl (C=O) groups excluding carboxylic acids is 3. The van der Waals surface area contributed by atoms with Crippen molar-refractivity contribution in [1.82, 2.24) is 9.88 Å². The first kappa shape index (κ1) is 21.0. The number of rotatable bonds is 5. The van der Waals surface area contributed by atoms with Gasteiger partial charge < -0.3 is 15.5 Å². The van der Waals surface area contributed by atoms with Crippen LogP contribution in [0.5, 0.6) is 0 Å². The number of hydrogen-bond donors (Lipinski definition) is 2. The van der Waals surface area contributed by atoms with Gasteiger partial charge in [0.25, 0.3) is 11.8 Å². The molecule has 2 aliphatic rings. The summed E-state index contributed by atoms with van der Waals surface area (Å²) in [5.74, 6) is -0.309. The van der Waals surface area contributed by atoms with Crippen molar-refractivity contribution in [2.24, 2.45) is 4.99 Å². The zero-order chi connectivity index (χ0) is 21.8. The molecule has 31 heavy (non-hydrogen) atoms. The number of pyridine rings is 1. The lowest BCUT2D eigenvalue weighted by atomic mass is 10.2. The van der Waals surface area contributed by atoms with E-state index in [0.29, 0.717) is 17.1 Å². The van der Waals surface area contributed by atoms with Crippen LogP contribution in [0.2, 0.25) is 0 Å². The van der Waals surface area contributed by atoms with Crippen molar-refractivity contribution in [2.45, 2.75) is 31.4 Å². The van der Waals surface area contributed by atoms with E-state index in [-0.39, 0.29) is 24.1 Å². The lowest BCUT2D eigenvalue weighted by molar-refractivity contribution is -0.121. The number of anilines is 2. The minimum absolute atomic E-state index is 0.0611. The Hall–Kier alpha value is -3.20. The maximum atomic E-state index is 12.4. The minimum Gasteiger partial charge on any atom is -0.351 e. The van der Waals surface area contributed by atoms with Gasteiger partial charge in [-0.05, 0) is 61.7 Å². The average molecular weight is 438 g/mol. The molecule has 1 fully saturated rings. The predicted molar refractivity (Wildman–Crippen MR) is 121 cm³/mol. The van der Waals surface area contributed by atoms with Crippen LogP contribution in [0, 0.1) is 6.92 Å². The van der Waals surface area contributed by atoms with Gasteiger partial charge in [0, 0.05) is 37.0 Å². The summed E-state index contributed by atoms with van der Waals surface area (Å²) in [6, 6.07) is 10.2. The second-order valence-corrected chi connectivity index (χ2v) is 8.71. The maximum Gasteiger partial charge on any atom is 0.262 e. The third-order valence-corrected chi connectivity index (χ3v) is 6.28. The van der Waals surface area contributed by atoms with Crippen molar-refractivity contribution < 1.29 is 14.4 Å². The molecule has 1 aromatic heterocycles. The van der Waals surface area contributed by atoms with Crippen LogP contribution in [-0.2, 0) is 9.59 Å². The molecular weight excluding hydrogens is 414 g/mol. The third kappa shape index (κ3) is 5.29. The van der Waals surface area contributed by atoms with E-state index in [1.165, 1.54) is 11.8 Å². The summed E-state index contributed by atoms with van der Waals surface area (Å²) in [6.07, 6.45) is 3.91. The lowest BCUT2D eigenvalue weighted by Crippen LogP contribution is -2.25. The molecule has 3 heterocycles. The van der Waals surface area contributed by atoms with Crippen LogP contribution in [-0.4, -0.2) is 51.1 Å². The Labute approximate surface area is 184 Å². The fourth-order valence-electron chi connectivity index (χ4n) is 3.43. The molecule has 9 heteroatoms. The Balaban J connectivity index is 1.29. The summed E-state index contributed by atoms with van der Waals surface area (Å²) < 4.78 is 0. The number of hydrogen-bond acceptors (Lipinski definition) is 6. The Bertz CT molecular complexity index is 1030. The van der Waals surface area contributed by atoms with E-state index in [2.05, 4.69) is 25.5 Å². The van der Waals surface area contributed by atoms with Crippen LogP contribution in [0.1, 0.15) is 35.2 Å². The van der Waals surface area contributed by atoms with E-state index in [1.807, 2.05) is 13.0 Å². The smallest absolute Gasteiger partial charge is 0.262 e. The molecular formula is C22H23N5O3S. The quantitative estimate of drug-likeness (QED) is 0.745. The first-order valence-electron chi connectivity index (χ1n) is 10.2. The van der Waals surface area contributed by atoms with Crippen LogP contribution < -0.4 is 10.6 Å². The summed E-state index contributed by atoms with van der Waals surface area (Å²) in [5, 5.41) is 5.78. The molecule has 0 radical (unpaired) electrons. The van der Waals surface area contributed by atoms with Crippen LogP contribution in [0.4, 0.5) is 11.5 Å². The third-order valence-electron chi connectivity index (χ3n) is 5.06. The predicted octanol–water partition coefficient (Wildman–Crippen LogP) is 3.06. The first-order chi connectivity index (χ1) is 15.0. The van der Waals surface area contributed by atoms with Crippen LogP contribution in [0.15, 0.2) is 47.6 Å². The van der Waals surface area contributed by atoms with E-state index >= 15 is 0 Å². The molecule has 0 spiro atoms. The molecule has 4 rings (SSSR count). The summed E-state index contributed by atoms with van der Waals surface area (Å²) in [7, 11) is 0. The number of likely N-dealkylation sites (tertiary alicyclic amines) is 1. The molecule has 0 saturated carbocycles. The Kier molecular flexibility index (Phi) is 6.31. The minimum atomic E-state index is -0.484. The molecule has 1 atom stereocenters. The number of carbonyl (C=O) groups is 3. The van der Waals surface area contributed by atoms with Crippen molar-refractivity contribution in [1.29, 1.82) is 0 Å². The monoisotopic (exact) mass is 437 g/mol.